The number of amides is 1. The maximum absolute atomic E-state index is 13.1. The number of methoxy groups -OCH3 is 1. The Morgan fingerprint density at radius 1 is 1.03 bits per heavy atom. The first-order chi connectivity index (χ1) is 14.6. The second-order valence-corrected chi connectivity index (χ2v) is 7.24. The molecule has 3 rings (SSSR count). The van der Waals surface area contributed by atoms with E-state index in [2.05, 4.69) is 5.32 Å². The molecule has 1 heterocycles. The SMILES string of the molecule is COC(=O)C(Cc1ccccc1)NC(=O)c1cn(CCCCCF)c2ccccc12. The lowest BCUT2D eigenvalue weighted by Crippen LogP contribution is -2.43. The third-order valence-electron chi connectivity index (χ3n) is 5.14. The molecule has 0 fully saturated rings. The van der Waals surface area contributed by atoms with Gasteiger partial charge in [0, 0.05) is 30.1 Å². The lowest BCUT2D eigenvalue weighted by Gasteiger charge is -2.16. The van der Waals surface area contributed by atoms with Crippen LogP contribution in [0.3, 0.4) is 0 Å². The van der Waals surface area contributed by atoms with Crippen LogP contribution in [-0.2, 0) is 22.5 Å². The molecule has 0 radical (unpaired) electrons. The van der Waals surface area contributed by atoms with Crippen molar-refractivity contribution in [3.8, 4) is 0 Å². The summed E-state index contributed by atoms with van der Waals surface area (Å²) in [7, 11) is 1.32. The molecular weight excluding hydrogens is 383 g/mol. The Bertz CT molecular complexity index is 985. The number of hydrogen-bond acceptors (Lipinski definition) is 3. The molecule has 0 saturated heterocycles. The number of rotatable bonds is 10. The molecule has 5 nitrogen and oxygen atoms in total. The standard InChI is InChI=1S/C24H27FN2O3/c1-30-24(29)21(16-18-10-4-2-5-11-18)26-23(28)20-17-27(15-9-3-8-14-25)22-13-7-6-12-19(20)22/h2,4-7,10-13,17,21H,3,8-9,14-16H2,1H3,(H,26,28). The number of para-hydroxylation sites is 1. The molecule has 0 bridgehead atoms. The van der Waals surface area contributed by atoms with Gasteiger partial charge in [0.05, 0.1) is 19.3 Å². The molecule has 158 valence electrons. The van der Waals surface area contributed by atoms with Crippen molar-refractivity contribution in [1.29, 1.82) is 0 Å². The van der Waals surface area contributed by atoms with Crippen LogP contribution < -0.4 is 5.32 Å². The molecule has 1 aromatic heterocycles. The summed E-state index contributed by atoms with van der Waals surface area (Å²) in [5.41, 5.74) is 2.39. The minimum Gasteiger partial charge on any atom is -0.467 e. The van der Waals surface area contributed by atoms with Crippen LogP contribution in [-0.4, -0.2) is 36.3 Å². The number of nitrogens with one attached hydrogen (secondary N) is 1. The number of esters is 1. The molecular formula is C24H27FN2O3. The highest BCUT2D eigenvalue weighted by molar-refractivity contribution is 6.08. The summed E-state index contributed by atoms with van der Waals surface area (Å²) in [6.07, 6.45) is 4.34. The molecule has 1 atom stereocenters. The fourth-order valence-electron chi connectivity index (χ4n) is 3.59. The zero-order valence-corrected chi connectivity index (χ0v) is 17.1. The Hall–Kier alpha value is -3.15. The van der Waals surface area contributed by atoms with Crippen molar-refractivity contribution in [2.45, 2.75) is 38.3 Å². The monoisotopic (exact) mass is 410 g/mol. The normalized spacial score (nSPS) is 11.9. The number of nitrogens with zero attached hydrogens (tertiary/aromatic N) is 1. The molecule has 3 aromatic rings. The average molecular weight is 410 g/mol. The van der Waals surface area contributed by atoms with Gasteiger partial charge in [-0.25, -0.2) is 4.79 Å². The van der Waals surface area contributed by atoms with Crippen molar-refractivity contribution in [3.63, 3.8) is 0 Å². The Balaban J connectivity index is 1.81. The Morgan fingerprint density at radius 2 is 1.77 bits per heavy atom. The van der Waals surface area contributed by atoms with E-state index in [4.69, 9.17) is 4.74 Å². The number of carbonyl (C=O) groups excluding carboxylic acids is 2. The zero-order valence-electron chi connectivity index (χ0n) is 17.1. The van der Waals surface area contributed by atoms with E-state index in [9.17, 15) is 14.0 Å². The zero-order chi connectivity index (χ0) is 21.3. The number of alkyl halides is 1. The van der Waals surface area contributed by atoms with E-state index >= 15 is 0 Å². The maximum Gasteiger partial charge on any atom is 0.328 e. The van der Waals surface area contributed by atoms with Crippen LogP contribution in [0.4, 0.5) is 4.39 Å². The Labute approximate surface area is 175 Å². The number of halogens is 1. The summed E-state index contributed by atoms with van der Waals surface area (Å²) < 4.78 is 19.3. The quantitative estimate of drug-likeness (QED) is 0.401. The van der Waals surface area contributed by atoms with Gasteiger partial charge in [-0.05, 0) is 30.9 Å². The molecule has 1 N–H and O–H groups in total. The predicted octanol–water partition coefficient (Wildman–Crippen LogP) is 4.30. The highest BCUT2D eigenvalue weighted by Gasteiger charge is 2.24. The Kier molecular flexibility index (Phi) is 7.60. The van der Waals surface area contributed by atoms with Crippen LogP contribution in [0.25, 0.3) is 10.9 Å². The smallest absolute Gasteiger partial charge is 0.328 e. The molecule has 6 heteroatoms. The van der Waals surface area contributed by atoms with Crippen LogP contribution in [0.15, 0.2) is 60.8 Å². The minimum atomic E-state index is -0.781. The van der Waals surface area contributed by atoms with Gasteiger partial charge in [0.1, 0.15) is 6.04 Å². The van der Waals surface area contributed by atoms with Crippen molar-refractivity contribution in [1.82, 2.24) is 9.88 Å². The summed E-state index contributed by atoms with van der Waals surface area (Å²) in [6, 6.07) is 16.4. The second kappa shape index (κ2) is 10.6. The first kappa shape index (κ1) is 21.6. The molecule has 30 heavy (non-hydrogen) atoms. The van der Waals surface area contributed by atoms with Gasteiger partial charge in [0.25, 0.3) is 5.91 Å². The number of carbonyl (C=O) groups is 2. The van der Waals surface area contributed by atoms with Crippen LogP contribution in [0, 0.1) is 0 Å². The van der Waals surface area contributed by atoms with Crippen LogP contribution in [0.2, 0.25) is 0 Å². The molecule has 1 amide bonds. The van der Waals surface area contributed by atoms with Crippen molar-refractivity contribution in [2.24, 2.45) is 0 Å². The highest BCUT2D eigenvalue weighted by Crippen LogP contribution is 2.22. The minimum absolute atomic E-state index is 0.309. The third-order valence-corrected chi connectivity index (χ3v) is 5.14. The lowest BCUT2D eigenvalue weighted by molar-refractivity contribution is -0.142. The van der Waals surface area contributed by atoms with E-state index in [1.54, 1.807) is 0 Å². The molecule has 0 spiro atoms. The van der Waals surface area contributed by atoms with E-state index in [1.807, 2.05) is 65.4 Å². The largest absolute Gasteiger partial charge is 0.467 e. The van der Waals surface area contributed by atoms with E-state index < -0.39 is 12.0 Å². The lowest BCUT2D eigenvalue weighted by atomic mass is 10.1. The van der Waals surface area contributed by atoms with Crippen molar-refractivity contribution in [2.75, 3.05) is 13.8 Å². The molecule has 0 aliphatic heterocycles. The van der Waals surface area contributed by atoms with Crippen LogP contribution in [0.5, 0.6) is 0 Å². The predicted molar refractivity (Wildman–Crippen MR) is 115 cm³/mol. The number of unbranched alkanes of at least 4 members (excludes halogenated alkanes) is 2. The van der Waals surface area contributed by atoms with Crippen molar-refractivity contribution >= 4 is 22.8 Å². The van der Waals surface area contributed by atoms with Gasteiger partial charge >= 0.3 is 5.97 Å². The van der Waals surface area contributed by atoms with Crippen molar-refractivity contribution in [3.05, 3.63) is 71.9 Å². The van der Waals surface area contributed by atoms with E-state index in [-0.39, 0.29) is 12.6 Å². The average Bonchev–Trinajstić information content (AvgIpc) is 3.15. The van der Waals surface area contributed by atoms with E-state index in [1.165, 1.54) is 7.11 Å². The fourth-order valence-corrected chi connectivity index (χ4v) is 3.59. The van der Waals surface area contributed by atoms with Crippen LogP contribution in [0.1, 0.15) is 35.2 Å². The first-order valence-corrected chi connectivity index (χ1v) is 10.2. The number of hydrogen-bond donors (Lipinski definition) is 1. The van der Waals surface area contributed by atoms with Crippen LogP contribution >= 0.6 is 0 Å². The van der Waals surface area contributed by atoms with Gasteiger partial charge in [-0.2, -0.15) is 0 Å². The van der Waals surface area contributed by atoms with E-state index in [0.29, 0.717) is 24.9 Å². The number of aryl methyl sites for hydroxylation is 1. The first-order valence-electron chi connectivity index (χ1n) is 10.2. The van der Waals surface area contributed by atoms with Gasteiger partial charge in [-0.1, -0.05) is 48.5 Å². The molecule has 2 aromatic carbocycles. The van der Waals surface area contributed by atoms with Crippen molar-refractivity contribution < 1.29 is 18.7 Å². The summed E-state index contributed by atoms with van der Waals surface area (Å²) >= 11 is 0. The van der Waals surface area contributed by atoms with Gasteiger partial charge < -0.3 is 14.6 Å². The summed E-state index contributed by atoms with van der Waals surface area (Å²) in [5.74, 6) is -0.804. The van der Waals surface area contributed by atoms with Gasteiger partial charge in [0.2, 0.25) is 0 Å². The molecule has 0 aliphatic rings. The molecule has 0 saturated carbocycles. The number of fused-ring (bicyclic) bond motifs is 1. The Morgan fingerprint density at radius 3 is 2.50 bits per heavy atom. The summed E-state index contributed by atoms with van der Waals surface area (Å²) in [5, 5.41) is 3.66. The summed E-state index contributed by atoms with van der Waals surface area (Å²) in [4.78, 5) is 25.4. The molecule has 0 aliphatic carbocycles. The fraction of sp³-hybridized carbons (Fsp3) is 0.333. The second-order valence-electron chi connectivity index (χ2n) is 7.24. The maximum atomic E-state index is 13.1. The highest BCUT2D eigenvalue weighted by atomic mass is 19.1. The molecule has 1 unspecified atom stereocenters. The van der Waals surface area contributed by atoms with Gasteiger partial charge in [0.15, 0.2) is 0 Å². The summed E-state index contributed by atoms with van der Waals surface area (Å²) in [6.45, 7) is 0.397. The van der Waals surface area contributed by atoms with E-state index in [0.717, 1.165) is 29.3 Å². The number of aromatic nitrogens is 1. The number of benzene rings is 2. The van der Waals surface area contributed by atoms with Gasteiger partial charge in [-0.15, -0.1) is 0 Å². The number of ether oxygens (including phenoxy) is 1. The third kappa shape index (κ3) is 5.26. The topological polar surface area (TPSA) is 60.3 Å². The van der Waals surface area contributed by atoms with Gasteiger partial charge in [-0.3, -0.25) is 9.18 Å².